The third-order valence-corrected chi connectivity index (χ3v) is 4.01. The molecule has 5 heteroatoms. The lowest BCUT2D eigenvalue weighted by molar-refractivity contribution is -0.132. The Bertz CT molecular complexity index is 508. The minimum Gasteiger partial charge on any atom is -0.274 e. The molecule has 2 amide bonds. The fourth-order valence-corrected chi connectivity index (χ4v) is 3.22. The average Bonchev–Trinajstić information content (AvgIpc) is 2.18. The number of amides is 2. The van der Waals surface area contributed by atoms with Crippen molar-refractivity contribution in [1.29, 1.82) is 0 Å². The predicted molar refractivity (Wildman–Crippen MR) is 79.7 cm³/mol. The lowest BCUT2D eigenvalue weighted by atomic mass is 9.81. The molecule has 1 aliphatic rings. The molecular weight excluding hydrogens is 365 g/mol. The Balaban J connectivity index is 2.39. The number of imide groups is 1. The molecule has 1 saturated heterocycles. The molecule has 1 aliphatic heterocycles. The van der Waals surface area contributed by atoms with Crippen LogP contribution in [0, 0.1) is 8.99 Å². The van der Waals surface area contributed by atoms with Crippen molar-refractivity contribution in [3.05, 3.63) is 26.8 Å². The zero-order valence-electron chi connectivity index (χ0n) is 10.2. The van der Waals surface area contributed by atoms with Gasteiger partial charge < -0.3 is 0 Å². The highest BCUT2D eigenvalue weighted by Gasteiger charge is 2.38. The number of nitrogens with zero attached hydrogens (tertiary/aromatic N) is 1. The van der Waals surface area contributed by atoms with E-state index in [9.17, 15) is 9.59 Å². The molecule has 0 bridgehead atoms. The molecular formula is C13H13ClINO2. The van der Waals surface area contributed by atoms with Gasteiger partial charge in [0.1, 0.15) is 0 Å². The predicted octanol–water partition coefficient (Wildman–Crippen LogP) is 3.62. The summed E-state index contributed by atoms with van der Waals surface area (Å²) in [6.07, 6.45) is 0.773. The summed E-state index contributed by atoms with van der Waals surface area (Å²) in [6.45, 7) is 3.87. The molecule has 1 aromatic rings. The zero-order valence-corrected chi connectivity index (χ0v) is 13.1. The largest absolute Gasteiger partial charge is 0.274 e. The maximum Gasteiger partial charge on any atom is 0.234 e. The molecule has 1 aromatic carbocycles. The Morgan fingerprint density at radius 2 is 1.78 bits per heavy atom. The molecule has 0 N–H and O–H groups in total. The second kappa shape index (κ2) is 4.81. The summed E-state index contributed by atoms with van der Waals surface area (Å²) in [4.78, 5) is 25.5. The molecule has 0 saturated carbocycles. The second-order valence-electron chi connectivity index (χ2n) is 5.24. The number of carbonyl (C=O) groups excluding carboxylic acids is 2. The molecule has 0 atom stereocenters. The van der Waals surface area contributed by atoms with Gasteiger partial charge in [0.2, 0.25) is 11.8 Å². The summed E-state index contributed by atoms with van der Waals surface area (Å²) < 4.78 is 0.807. The van der Waals surface area contributed by atoms with Crippen molar-refractivity contribution in [3.63, 3.8) is 0 Å². The van der Waals surface area contributed by atoms with Gasteiger partial charge in [-0.05, 0) is 46.2 Å². The first-order valence-electron chi connectivity index (χ1n) is 5.61. The number of piperidine rings is 1. The topological polar surface area (TPSA) is 37.4 Å². The van der Waals surface area contributed by atoms with Crippen LogP contribution in [-0.2, 0) is 9.59 Å². The molecule has 0 spiro atoms. The van der Waals surface area contributed by atoms with Crippen LogP contribution in [0.2, 0.25) is 5.02 Å². The van der Waals surface area contributed by atoms with Crippen LogP contribution >= 0.6 is 34.2 Å². The van der Waals surface area contributed by atoms with Crippen LogP contribution in [-0.4, -0.2) is 11.8 Å². The van der Waals surface area contributed by atoms with Gasteiger partial charge in [-0.1, -0.05) is 25.4 Å². The molecule has 2 rings (SSSR count). The third kappa shape index (κ3) is 2.69. The Morgan fingerprint density at radius 3 is 2.28 bits per heavy atom. The summed E-state index contributed by atoms with van der Waals surface area (Å²) in [5.74, 6) is -0.284. The molecule has 96 valence electrons. The Labute approximate surface area is 125 Å². The number of hydrogen-bond donors (Lipinski definition) is 0. The highest BCUT2D eigenvalue weighted by Crippen LogP contribution is 2.36. The average molecular weight is 378 g/mol. The summed E-state index contributed by atoms with van der Waals surface area (Å²) in [7, 11) is 0. The number of benzene rings is 1. The number of anilines is 1. The van der Waals surface area contributed by atoms with E-state index in [1.54, 1.807) is 18.2 Å². The second-order valence-corrected chi connectivity index (χ2v) is 6.84. The molecule has 0 aromatic heterocycles. The number of hydrogen-bond acceptors (Lipinski definition) is 2. The van der Waals surface area contributed by atoms with Crippen LogP contribution in [0.3, 0.4) is 0 Å². The standard InChI is InChI=1S/C13H13ClINO2/c1-13(2)6-11(17)16(12(18)7-13)10-4-3-8(14)5-9(10)15/h3-5H,6-7H2,1-2H3. The van der Waals surface area contributed by atoms with E-state index in [1.165, 1.54) is 4.90 Å². The highest BCUT2D eigenvalue weighted by atomic mass is 127. The van der Waals surface area contributed by atoms with E-state index in [-0.39, 0.29) is 17.2 Å². The maximum absolute atomic E-state index is 12.1. The van der Waals surface area contributed by atoms with E-state index in [2.05, 4.69) is 22.6 Å². The van der Waals surface area contributed by atoms with E-state index in [0.717, 1.165) is 3.57 Å². The van der Waals surface area contributed by atoms with E-state index in [1.807, 2.05) is 13.8 Å². The van der Waals surface area contributed by atoms with Gasteiger partial charge in [0, 0.05) is 21.4 Å². The van der Waals surface area contributed by atoms with Crippen molar-refractivity contribution in [1.82, 2.24) is 0 Å². The smallest absolute Gasteiger partial charge is 0.234 e. The summed E-state index contributed by atoms with van der Waals surface area (Å²) in [5.41, 5.74) is 0.383. The molecule has 0 aliphatic carbocycles. The monoisotopic (exact) mass is 377 g/mol. The van der Waals surface area contributed by atoms with Gasteiger partial charge in [-0.3, -0.25) is 9.59 Å². The van der Waals surface area contributed by atoms with Gasteiger partial charge >= 0.3 is 0 Å². The molecule has 0 radical (unpaired) electrons. The van der Waals surface area contributed by atoms with E-state index < -0.39 is 0 Å². The minimum atomic E-state index is -0.247. The van der Waals surface area contributed by atoms with E-state index >= 15 is 0 Å². The minimum absolute atomic E-state index is 0.142. The number of rotatable bonds is 1. The fraction of sp³-hybridized carbons (Fsp3) is 0.385. The molecule has 1 fully saturated rings. The van der Waals surface area contributed by atoms with Gasteiger partial charge in [0.25, 0.3) is 0 Å². The van der Waals surface area contributed by atoms with Crippen molar-refractivity contribution < 1.29 is 9.59 Å². The lowest BCUT2D eigenvalue weighted by Gasteiger charge is -2.35. The first-order chi connectivity index (χ1) is 8.30. The quantitative estimate of drug-likeness (QED) is 0.554. The van der Waals surface area contributed by atoms with Crippen molar-refractivity contribution in [2.24, 2.45) is 5.41 Å². The van der Waals surface area contributed by atoms with Crippen LogP contribution < -0.4 is 4.90 Å². The molecule has 18 heavy (non-hydrogen) atoms. The zero-order chi connectivity index (χ0) is 13.5. The fourth-order valence-electron chi connectivity index (χ4n) is 2.11. The summed E-state index contributed by atoms with van der Waals surface area (Å²) >= 11 is 7.97. The van der Waals surface area contributed by atoms with Crippen molar-refractivity contribution in [3.8, 4) is 0 Å². The number of carbonyl (C=O) groups is 2. The molecule has 1 heterocycles. The third-order valence-electron chi connectivity index (χ3n) is 2.91. The van der Waals surface area contributed by atoms with Crippen molar-refractivity contribution in [2.45, 2.75) is 26.7 Å². The van der Waals surface area contributed by atoms with E-state index in [0.29, 0.717) is 23.6 Å². The molecule has 0 unspecified atom stereocenters. The van der Waals surface area contributed by atoms with Crippen molar-refractivity contribution in [2.75, 3.05) is 4.90 Å². The van der Waals surface area contributed by atoms with Gasteiger partial charge in [-0.2, -0.15) is 0 Å². The summed E-state index contributed by atoms with van der Waals surface area (Å²) in [5, 5.41) is 0.598. The first kappa shape index (κ1) is 13.8. The van der Waals surface area contributed by atoms with Gasteiger partial charge in [-0.15, -0.1) is 0 Å². The molecule has 3 nitrogen and oxygen atoms in total. The number of halogens is 2. The van der Waals surface area contributed by atoms with Crippen LogP contribution in [0.1, 0.15) is 26.7 Å². The SMILES string of the molecule is CC1(C)CC(=O)N(c2ccc(Cl)cc2I)C(=O)C1. The van der Waals surface area contributed by atoms with Crippen LogP contribution in [0.15, 0.2) is 18.2 Å². The Kier molecular flexibility index (Phi) is 3.69. The first-order valence-corrected chi connectivity index (χ1v) is 7.07. The van der Waals surface area contributed by atoms with Crippen LogP contribution in [0.5, 0.6) is 0 Å². The van der Waals surface area contributed by atoms with Crippen molar-refractivity contribution >= 4 is 51.7 Å². The summed E-state index contributed by atoms with van der Waals surface area (Å²) in [6, 6.07) is 5.16. The van der Waals surface area contributed by atoms with Crippen LogP contribution in [0.25, 0.3) is 0 Å². The highest BCUT2D eigenvalue weighted by molar-refractivity contribution is 14.1. The van der Waals surface area contributed by atoms with Gasteiger partial charge in [0.15, 0.2) is 0 Å². The lowest BCUT2D eigenvalue weighted by Crippen LogP contribution is -2.46. The maximum atomic E-state index is 12.1. The Hall–Kier alpha value is -0.620. The normalized spacial score (nSPS) is 19.2. The van der Waals surface area contributed by atoms with Gasteiger partial charge in [0.05, 0.1) is 5.69 Å². The van der Waals surface area contributed by atoms with Gasteiger partial charge in [-0.25, -0.2) is 4.90 Å². The Morgan fingerprint density at radius 1 is 1.22 bits per heavy atom. The van der Waals surface area contributed by atoms with E-state index in [4.69, 9.17) is 11.6 Å². The van der Waals surface area contributed by atoms with Crippen LogP contribution in [0.4, 0.5) is 5.69 Å².